The Morgan fingerprint density at radius 3 is 2.73 bits per heavy atom. The lowest BCUT2D eigenvalue weighted by Crippen LogP contribution is -2.16. The predicted molar refractivity (Wildman–Crippen MR) is 126 cm³/mol. The highest BCUT2D eigenvalue weighted by molar-refractivity contribution is 7.92. The Kier molecular flexibility index (Phi) is 6.64. The maximum atomic E-state index is 13.5. The van der Waals surface area contributed by atoms with Crippen LogP contribution in [-0.4, -0.2) is 35.7 Å². The Balaban J connectivity index is 1.74. The molecule has 0 fully saturated rings. The van der Waals surface area contributed by atoms with Crippen LogP contribution in [0.1, 0.15) is 38.9 Å². The minimum atomic E-state index is -4.05. The van der Waals surface area contributed by atoms with Gasteiger partial charge in [0.1, 0.15) is 16.5 Å². The number of hydrogen-bond acceptors (Lipinski definition) is 6. The fraction of sp³-hybridized carbons (Fsp3) is 0.348. The van der Waals surface area contributed by atoms with Crippen molar-refractivity contribution in [2.24, 2.45) is 0 Å². The Hall–Kier alpha value is -3.40. The second-order valence-electron chi connectivity index (χ2n) is 7.83. The van der Waals surface area contributed by atoms with E-state index >= 15 is 0 Å². The molecule has 1 amide bonds. The molecule has 2 N–H and O–H groups in total. The van der Waals surface area contributed by atoms with Gasteiger partial charge in [-0.1, -0.05) is 18.6 Å². The second-order valence-corrected chi connectivity index (χ2v) is 9.48. The van der Waals surface area contributed by atoms with Crippen molar-refractivity contribution in [3.05, 3.63) is 48.3 Å². The Morgan fingerprint density at radius 1 is 1.12 bits per heavy atom. The van der Waals surface area contributed by atoms with Gasteiger partial charge < -0.3 is 14.6 Å². The van der Waals surface area contributed by atoms with E-state index in [4.69, 9.17) is 4.74 Å². The van der Waals surface area contributed by atoms with Gasteiger partial charge in [-0.3, -0.25) is 9.52 Å². The smallest absolute Gasteiger partial charge is 0.265 e. The van der Waals surface area contributed by atoms with E-state index in [9.17, 15) is 13.2 Å². The second kappa shape index (κ2) is 9.62. The van der Waals surface area contributed by atoms with Crippen molar-refractivity contribution in [3.63, 3.8) is 0 Å². The van der Waals surface area contributed by atoms with Gasteiger partial charge in [0.15, 0.2) is 5.82 Å². The largest absolute Gasteiger partial charge is 0.492 e. The molecule has 1 aromatic heterocycles. The number of fused-ring (bicyclic) bond motifs is 1. The normalized spacial score (nSPS) is 13.6. The van der Waals surface area contributed by atoms with Gasteiger partial charge in [0.25, 0.3) is 10.0 Å². The summed E-state index contributed by atoms with van der Waals surface area (Å²) in [6.45, 7) is 4.23. The zero-order valence-electron chi connectivity index (χ0n) is 18.7. The van der Waals surface area contributed by atoms with Gasteiger partial charge in [0.05, 0.1) is 12.3 Å². The van der Waals surface area contributed by atoms with Crippen molar-refractivity contribution in [2.75, 3.05) is 16.6 Å². The van der Waals surface area contributed by atoms with Gasteiger partial charge >= 0.3 is 0 Å². The van der Waals surface area contributed by atoms with E-state index in [-0.39, 0.29) is 16.6 Å². The van der Waals surface area contributed by atoms with E-state index in [1.165, 1.54) is 19.1 Å². The van der Waals surface area contributed by atoms with Crippen molar-refractivity contribution in [3.8, 4) is 17.1 Å². The first-order chi connectivity index (χ1) is 15.9. The number of nitrogens with zero attached hydrogens (tertiary/aromatic N) is 3. The van der Waals surface area contributed by atoms with E-state index in [0.717, 1.165) is 38.1 Å². The molecular weight excluding hydrogens is 442 g/mol. The third-order valence-corrected chi connectivity index (χ3v) is 6.76. The average molecular weight is 470 g/mol. The number of hydrogen-bond donors (Lipinski definition) is 2. The molecule has 4 rings (SSSR count). The Bertz CT molecular complexity index is 1270. The van der Waals surface area contributed by atoms with Crippen LogP contribution in [-0.2, 0) is 27.8 Å². The van der Waals surface area contributed by atoms with Crippen molar-refractivity contribution in [2.45, 2.75) is 51.0 Å². The molecular formula is C23H27N5O4S. The number of rotatable bonds is 7. The first-order valence-corrected chi connectivity index (χ1v) is 12.5. The molecule has 33 heavy (non-hydrogen) atoms. The molecule has 1 aliphatic rings. The van der Waals surface area contributed by atoms with Crippen LogP contribution in [0, 0.1) is 0 Å². The maximum absolute atomic E-state index is 13.5. The number of nitrogens with one attached hydrogen (secondary N) is 2. The zero-order chi connectivity index (χ0) is 23.4. The molecule has 9 nitrogen and oxygen atoms in total. The van der Waals surface area contributed by atoms with Crippen molar-refractivity contribution in [1.82, 2.24) is 14.8 Å². The van der Waals surface area contributed by atoms with Gasteiger partial charge in [0.2, 0.25) is 5.91 Å². The predicted octanol–water partition coefficient (Wildman–Crippen LogP) is 3.83. The van der Waals surface area contributed by atoms with Crippen LogP contribution < -0.4 is 14.8 Å². The molecule has 0 aliphatic carbocycles. The molecule has 0 bridgehead atoms. The number of benzene rings is 2. The summed E-state index contributed by atoms with van der Waals surface area (Å²) in [7, 11) is -4.05. The lowest BCUT2D eigenvalue weighted by molar-refractivity contribution is -0.114. The number of amides is 1. The standard InChI is InChI=1S/C23H27N5O4S/c1-3-32-20-13-12-17(24-16(2)29)15-21(20)33(30,31)27-19-10-7-6-9-18(19)23-26-25-22-11-5-4-8-14-28(22)23/h6-7,9-10,12-13,15,27H,3-5,8,11,14H2,1-2H3,(H,24,29). The number of para-hydroxylation sites is 1. The Labute approximate surface area is 193 Å². The van der Waals surface area contributed by atoms with Crippen LogP contribution >= 0.6 is 0 Å². The van der Waals surface area contributed by atoms with Crippen molar-refractivity contribution >= 4 is 27.3 Å². The molecule has 2 aromatic carbocycles. The SMILES string of the molecule is CCOc1ccc(NC(C)=O)cc1S(=O)(=O)Nc1ccccc1-c1nnc2n1CCCCC2. The van der Waals surface area contributed by atoms with E-state index in [1.54, 1.807) is 25.1 Å². The molecule has 1 aliphatic heterocycles. The summed E-state index contributed by atoms with van der Waals surface area (Å²) in [5, 5.41) is 11.3. The molecule has 3 aromatic rings. The van der Waals surface area contributed by atoms with Gasteiger partial charge in [0, 0.05) is 31.1 Å². The van der Waals surface area contributed by atoms with Crippen molar-refractivity contribution in [1.29, 1.82) is 0 Å². The van der Waals surface area contributed by atoms with Gasteiger partial charge in [-0.25, -0.2) is 8.42 Å². The number of aryl methyl sites for hydroxylation is 1. The molecule has 0 saturated heterocycles. The van der Waals surface area contributed by atoms with Gasteiger partial charge in [-0.05, 0) is 50.1 Å². The highest BCUT2D eigenvalue weighted by Gasteiger charge is 2.24. The highest BCUT2D eigenvalue weighted by atomic mass is 32.2. The lowest BCUT2D eigenvalue weighted by Gasteiger charge is -2.16. The molecule has 0 saturated carbocycles. The topological polar surface area (TPSA) is 115 Å². The van der Waals surface area contributed by atoms with Gasteiger partial charge in [-0.2, -0.15) is 0 Å². The van der Waals surface area contributed by atoms with Gasteiger partial charge in [-0.15, -0.1) is 10.2 Å². The third kappa shape index (κ3) is 5.00. The molecule has 2 heterocycles. The summed E-state index contributed by atoms with van der Waals surface area (Å²) in [6.07, 6.45) is 4.08. The third-order valence-electron chi connectivity index (χ3n) is 5.38. The molecule has 0 spiro atoms. The Morgan fingerprint density at radius 2 is 1.94 bits per heavy atom. The van der Waals surface area contributed by atoms with Crippen LogP contribution in [0.25, 0.3) is 11.4 Å². The van der Waals surface area contributed by atoms with E-state index in [0.29, 0.717) is 29.4 Å². The van der Waals surface area contributed by atoms with Crippen LogP contribution in [0.15, 0.2) is 47.4 Å². The number of sulfonamides is 1. The number of carbonyl (C=O) groups excluding carboxylic acids is 1. The fourth-order valence-electron chi connectivity index (χ4n) is 3.92. The highest BCUT2D eigenvalue weighted by Crippen LogP contribution is 2.33. The van der Waals surface area contributed by atoms with E-state index in [1.807, 2.05) is 12.1 Å². The lowest BCUT2D eigenvalue weighted by atomic mass is 10.1. The summed E-state index contributed by atoms with van der Waals surface area (Å²) in [5.74, 6) is 1.46. The molecule has 10 heteroatoms. The summed E-state index contributed by atoms with van der Waals surface area (Å²) in [5.41, 5.74) is 1.41. The summed E-state index contributed by atoms with van der Waals surface area (Å²) in [4.78, 5) is 11.4. The fourth-order valence-corrected chi connectivity index (χ4v) is 5.18. The summed E-state index contributed by atoms with van der Waals surface area (Å²) in [6, 6.07) is 11.7. The quantitative estimate of drug-likeness (QED) is 0.543. The summed E-state index contributed by atoms with van der Waals surface area (Å²) >= 11 is 0. The first kappa shape index (κ1) is 22.8. The molecule has 0 atom stereocenters. The first-order valence-electron chi connectivity index (χ1n) is 11.0. The number of anilines is 2. The maximum Gasteiger partial charge on any atom is 0.265 e. The number of carbonyl (C=O) groups is 1. The monoisotopic (exact) mass is 469 g/mol. The molecule has 0 radical (unpaired) electrons. The average Bonchev–Trinajstić information content (AvgIpc) is 3.02. The van der Waals surface area contributed by atoms with E-state index in [2.05, 4.69) is 24.8 Å². The molecule has 174 valence electrons. The number of ether oxygens (including phenoxy) is 1. The van der Waals surface area contributed by atoms with Crippen molar-refractivity contribution < 1.29 is 17.9 Å². The minimum absolute atomic E-state index is 0.0644. The van der Waals surface area contributed by atoms with Crippen LogP contribution in [0.4, 0.5) is 11.4 Å². The van der Waals surface area contributed by atoms with Crippen LogP contribution in [0.3, 0.4) is 0 Å². The summed E-state index contributed by atoms with van der Waals surface area (Å²) < 4.78 is 37.2. The van der Waals surface area contributed by atoms with E-state index < -0.39 is 10.0 Å². The molecule has 0 unspecified atom stereocenters. The number of aromatic nitrogens is 3. The van der Waals surface area contributed by atoms with Crippen LogP contribution in [0.5, 0.6) is 5.75 Å². The zero-order valence-corrected chi connectivity index (χ0v) is 19.5. The minimum Gasteiger partial charge on any atom is -0.492 e. The van der Waals surface area contributed by atoms with Crippen LogP contribution in [0.2, 0.25) is 0 Å².